The largest absolute Gasteiger partial charge is 0.394 e. The van der Waals surface area contributed by atoms with Crippen LogP contribution in [0.2, 0.25) is 0 Å². The third-order valence-electron chi connectivity index (χ3n) is 0.779. The molecule has 0 aliphatic rings. The van der Waals surface area contributed by atoms with Crippen molar-refractivity contribution in [2.45, 2.75) is 6.10 Å². The van der Waals surface area contributed by atoms with E-state index in [1.165, 1.54) is 0 Å². The number of rotatable bonds is 5. The van der Waals surface area contributed by atoms with Crippen LogP contribution in [0.4, 0.5) is 0 Å². The summed E-state index contributed by atoms with van der Waals surface area (Å²) >= 11 is 0. The van der Waals surface area contributed by atoms with Gasteiger partial charge in [0.1, 0.15) is 12.7 Å². The van der Waals surface area contributed by atoms with Crippen LogP contribution in [-0.2, 0) is 14.6 Å². The van der Waals surface area contributed by atoms with Gasteiger partial charge in [-0.3, -0.25) is 4.89 Å². The maximum absolute atomic E-state index is 10.3. The Morgan fingerprint density at radius 1 is 1.73 bits per heavy atom. The minimum atomic E-state index is -1.03. The van der Waals surface area contributed by atoms with Crippen molar-refractivity contribution < 1.29 is 24.8 Å². The van der Waals surface area contributed by atoms with Crippen LogP contribution in [0.15, 0.2) is 12.7 Å². The van der Waals surface area contributed by atoms with Gasteiger partial charge in [-0.05, 0) is 0 Å². The zero-order valence-electron chi connectivity index (χ0n) is 5.90. The fourth-order valence-corrected chi connectivity index (χ4v) is 0.257. The van der Waals surface area contributed by atoms with Gasteiger partial charge in [0, 0.05) is 6.08 Å². The molecule has 0 bridgehead atoms. The normalized spacial score (nSPS) is 12.2. The quantitative estimate of drug-likeness (QED) is 0.308. The van der Waals surface area contributed by atoms with E-state index in [0.717, 1.165) is 6.08 Å². The lowest BCUT2D eigenvalue weighted by Crippen LogP contribution is -2.20. The second kappa shape index (κ2) is 5.84. The minimum absolute atomic E-state index is 0.254. The third kappa shape index (κ3) is 5.53. The highest BCUT2D eigenvalue weighted by Crippen LogP contribution is 1.86. The Hall–Kier alpha value is -0.910. The number of aliphatic hydroxyl groups excluding tert-OH is 2. The maximum Gasteiger partial charge on any atom is 0.365 e. The van der Waals surface area contributed by atoms with Crippen LogP contribution in [0, 0.1) is 0 Å². The molecular weight excluding hydrogens is 152 g/mol. The van der Waals surface area contributed by atoms with Gasteiger partial charge >= 0.3 is 5.97 Å². The summed E-state index contributed by atoms with van der Waals surface area (Å²) in [6.45, 7) is 2.42. The van der Waals surface area contributed by atoms with Gasteiger partial charge in [0.05, 0.1) is 6.61 Å². The first kappa shape index (κ1) is 10.1. The molecule has 2 N–H and O–H groups in total. The van der Waals surface area contributed by atoms with Crippen molar-refractivity contribution in [1.29, 1.82) is 0 Å². The lowest BCUT2D eigenvalue weighted by molar-refractivity contribution is -0.278. The van der Waals surface area contributed by atoms with Gasteiger partial charge in [-0.2, -0.15) is 4.89 Å². The summed E-state index contributed by atoms with van der Waals surface area (Å²) in [5.74, 6) is -0.741. The fraction of sp³-hybridized carbons (Fsp3) is 0.500. The Labute approximate surface area is 63.8 Å². The van der Waals surface area contributed by atoms with Crippen molar-refractivity contribution in [2.24, 2.45) is 0 Å². The molecule has 64 valence electrons. The van der Waals surface area contributed by atoms with E-state index in [1.54, 1.807) is 0 Å². The Balaban J connectivity index is 3.26. The fourth-order valence-electron chi connectivity index (χ4n) is 0.257. The first-order chi connectivity index (χ1) is 5.20. The summed E-state index contributed by atoms with van der Waals surface area (Å²) in [6.07, 6.45) is -0.113. The number of hydrogen-bond acceptors (Lipinski definition) is 5. The molecule has 0 fully saturated rings. The Morgan fingerprint density at radius 3 is 2.82 bits per heavy atom. The molecule has 0 saturated carbocycles. The Morgan fingerprint density at radius 2 is 2.36 bits per heavy atom. The van der Waals surface area contributed by atoms with Crippen LogP contribution >= 0.6 is 0 Å². The summed E-state index contributed by atoms with van der Waals surface area (Å²) in [5.41, 5.74) is 0. The number of carbonyl (C=O) groups excluding carboxylic acids is 1. The van der Waals surface area contributed by atoms with E-state index in [9.17, 15) is 4.79 Å². The summed E-state index contributed by atoms with van der Waals surface area (Å²) in [4.78, 5) is 18.5. The molecule has 0 heterocycles. The molecule has 0 amide bonds. The second-order valence-electron chi connectivity index (χ2n) is 1.73. The van der Waals surface area contributed by atoms with Gasteiger partial charge in [0.25, 0.3) is 0 Å². The topological polar surface area (TPSA) is 76.0 Å². The lowest BCUT2D eigenvalue weighted by atomic mass is 10.4. The minimum Gasteiger partial charge on any atom is -0.394 e. The average Bonchev–Trinajstić information content (AvgIpc) is 2.04. The van der Waals surface area contributed by atoms with E-state index in [0.29, 0.717) is 0 Å². The molecule has 0 aromatic heterocycles. The van der Waals surface area contributed by atoms with Gasteiger partial charge in [-0.1, -0.05) is 6.58 Å². The van der Waals surface area contributed by atoms with Crippen molar-refractivity contribution in [3.8, 4) is 0 Å². The van der Waals surface area contributed by atoms with Crippen molar-refractivity contribution in [2.75, 3.05) is 13.2 Å². The van der Waals surface area contributed by atoms with E-state index >= 15 is 0 Å². The zero-order chi connectivity index (χ0) is 8.69. The van der Waals surface area contributed by atoms with E-state index in [2.05, 4.69) is 16.4 Å². The molecule has 0 aliphatic heterocycles. The summed E-state index contributed by atoms with van der Waals surface area (Å²) in [6, 6.07) is 0. The Bertz CT molecular complexity index is 133. The first-order valence-electron chi connectivity index (χ1n) is 2.95. The molecule has 0 aromatic carbocycles. The van der Waals surface area contributed by atoms with Gasteiger partial charge in [0.2, 0.25) is 0 Å². The summed E-state index contributed by atoms with van der Waals surface area (Å²) in [5, 5.41) is 16.9. The van der Waals surface area contributed by atoms with E-state index in [4.69, 9.17) is 10.2 Å². The predicted molar refractivity (Wildman–Crippen MR) is 35.3 cm³/mol. The zero-order valence-corrected chi connectivity index (χ0v) is 5.90. The van der Waals surface area contributed by atoms with E-state index in [1.807, 2.05) is 0 Å². The standard InChI is InChI=1S/C6H10O5/c1-2-6(9)11-10-4-5(8)3-7/h2,5,7-8H,1,3-4H2. The monoisotopic (exact) mass is 162 g/mol. The first-order valence-corrected chi connectivity index (χ1v) is 2.95. The van der Waals surface area contributed by atoms with Crippen molar-refractivity contribution in [3.63, 3.8) is 0 Å². The predicted octanol–water partition coefficient (Wildman–Crippen LogP) is -1.000. The summed E-state index contributed by atoms with van der Waals surface area (Å²) < 4.78 is 0. The van der Waals surface area contributed by atoms with E-state index < -0.39 is 18.7 Å². The highest BCUT2D eigenvalue weighted by atomic mass is 17.2. The summed E-state index contributed by atoms with van der Waals surface area (Å²) in [7, 11) is 0. The molecule has 0 aliphatic carbocycles. The maximum atomic E-state index is 10.3. The molecular formula is C6H10O5. The molecule has 5 heteroatoms. The van der Waals surface area contributed by atoms with Crippen LogP contribution in [0.3, 0.4) is 0 Å². The molecule has 1 atom stereocenters. The molecule has 0 spiro atoms. The molecule has 0 aromatic rings. The second-order valence-corrected chi connectivity index (χ2v) is 1.73. The van der Waals surface area contributed by atoms with Gasteiger partial charge in [-0.25, -0.2) is 4.79 Å². The number of aliphatic hydroxyl groups is 2. The van der Waals surface area contributed by atoms with Crippen LogP contribution in [0.5, 0.6) is 0 Å². The van der Waals surface area contributed by atoms with Crippen molar-refractivity contribution >= 4 is 5.97 Å². The average molecular weight is 162 g/mol. The SMILES string of the molecule is C=CC(=O)OOCC(O)CO. The highest BCUT2D eigenvalue weighted by Gasteiger charge is 2.03. The number of hydrogen-bond donors (Lipinski definition) is 2. The van der Waals surface area contributed by atoms with Crippen molar-refractivity contribution in [3.05, 3.63) is 12.7 Å². The lowest BCUT2D eigenvalue weighted by Gasteiger charge is -2.04. The van der Waals surface area contributed by atoms with Gasteiger partial charge in [0.15, 0.2) is 0 Å². The molecule has 11 heavy (non-hydrogen) atoms. The van der Waals surface area contributed by atoms with Crippen LogP contribution < -0.4 is 0 Å². The van der Waals surface area contributed by atoms with E-state index in [-0.39, 0.29) is 6.61 Å². The van der Waals surface area contributed by atoms with Crippen LogP contribution in [0.25, 0.3) is 0 Å². The van der Waals surface area contributed by atoms with Crippen molar-refractivity contribution in [1.82, 2.24) is 0 Å². The molecule has 0 rings (SSSR count). The third-order valence-corrected chi connectivity index (χ3v) is 0.779. The van der Waals surface area contributed by atoms with Crippen LogP contribution in [-0.4, -0.2) is 35.5 Å². The highest BCUT2D eigenvalue weighted by molar-refractivity contribution is 5.80. The molecule has 0 saturated heterocycles. The van der Waals surface area contributed by atoms with Gasteiger partial charge < -0.3 is 10.2 Å². The molecule has 1 unspecified atom stereocenters. The molecule has 5 nitrogen and oxygen atoms in total. The molecule has 0 radical (unpaired) electrons. The number of carbonyl (C=O) groups is 1. The smallest absolute Gasteiger partial charge is 0.365 e. The Kier molecular flexibility index (Phi) is 5.36. The van der Waals surface area contributed by atoms with Gasteiger partial charge in [-0.15, -0.1) is 0 Å². The van der Waals surface area contributed by atoms with Crippen LogP contribution in [0.1, 0.15) is 0 Å².